The number of hydrogen-bond acceptors (Lipinski definition) is 5. The zero-order valence-electron chi connectivity index (χ0n) is 20.7. The molecule has 1 N–H and O–H groups in total. The van der Waals surface area contributed by atoms with Crippen molar-refractivity contribution in [2.75, 3.05) is 7.11 Å². The quantitative estimate of drug-likeness (QED) is 0.299. The van der Waals surface area contributed by atoms with Crippen molar-refractivity contribution < 1.29 is 13.9 Å². The molecule has 0 bridgehead atoms. The van der Waals surface area contributed by atoms with E-state index in [1.54, 1.807) is 41.7 Å². The third-order valence-corrected chi connectivity index (χ3v) is 8.52. The summed E-state index contributed by atoms with van der Waals surface area (Å²) in [6, 6.07) is 9.79. The van der Waals surface area contributed by atoms with Crippen LogP contribution in [-0.2, 0) is 19.4 Å². The number of thiophene rings is 1. The maximum absolute atomic E-state index is 14.1. The van der Waals surface area contributed by atoms with E-state index in [2.05, 4.69) is 25.8 Å². The van der Waals surface area contributed by atoms with Crippen LogP contribution in [0.1, 0.15) is 43.2 Å². The monoisotopic (exact) mass is 526 g/mol. The molecule has 8 heteroatoms. The van der Waals surface area contributed by atoms with Crippen molar-refractivity contribution in [3.05, 3.63) is 73.6 Å². The van der Waals surface area contributed by atoms with E-state index in [9.17, 15) is 9.18 Å². The van der Waals surface area contributed by atoms with E-state index in [0.29, 0.717) is 33.8 Å². The van der Waals surface area contributed by atoms with Gasteiger partial charge in [-0.2, -0.15) is 0 Å². The van der Waals surface area contributed by atoms with Gasteiger partial charge in [-0.15, -0.1) is 11.3 Å². The second-order valence-electron chi connectivity index (χ2n) is 10.3. The average molecular weight is 527 g/mol. The van der Waals surface area contributed by atoms with Gasteiger partial charge in [-0.1, -0.05) is 38.4 Å². The van der Waals surface area contributed by atoms with Crippen LogP contribution in [0.5, 0.6) is 11.5 Å². The van der Waals surface area contributed by atoms with Crippen LogP contribution in [0.3, 0.4) is 0 Å². The molecule has 0 spiro atoms. The van der Waals surface area contributed by atoms with Crippen LogP contribution >= 0.6 is 22.9 Å². The highest BCUT2D eigenvalue weighted by atomic mass is 35.5. The Labute approximate surface area is 218 Å². The van der Waals surface area contributed by atoms with Crippen molar-refractivity contribution in [3.8, 4) is 22.9 Å². The zero-order valence-corrected chi connectivity index (χ0v) is 22.3. The van der Waals surface area contributed by atoms with Crippen LogP contribution in [0.25, 0.3) is 21.6 Å². The number of ether oxygens (including phenoxy) is 2. The second-order valence-corrected chi connectivity index (χ2v) is 11.7. The number of aromatic nitrogens is 2. The molecule has 0 aliphatic heterocycles. The highest BCUT2D eigenvalue weighted by Gasteiger charge is 2.31. The minimum Gasteiger partial charge on any atom is -0.493 e. The third kappa shape index (κ3) is 4.62. The Morgan fingerprint density at radius 3 is 2.75 bits per heavy atom. The van der Waals surface area contributed by atoms with Gasteiger partial charge in [0.2, 0.25) is 0 Å². The Kier molecular flexibility index (Phi) is 6.55. The van der Waals surface area contributed by atoms with Crippen molar-refractivity contribution in [2.45, 2.75) is 46.6 Å². The van der Waals surface area contributed by atoms with E-state index < -0.39 is 5.82 Å². The summed E-state index contributed by atoms with van der Waals surface area (Å²) < 4.78 is 25.4. The van der Waals surface area contributed by atoms with Gasteiger partial charge in [0.1, 0.15) is 23.1 Å². The summed E-state index contributed by atoms with van der Waals surface area (Å²) in [5, 5.41) is 1.02. The molecule has 1 unspecified atom stereocenters. The number of fused-ring (bicyclic) bond motifs is 3. The lowest BCUT2D eigenvalue weighted by molar-refractivity contribution is 0.218. The van der Waals surface area contributed by atoms with Crippen LogP contribution in [0, 0.1) is 17.2 Å². The van der Waals surface area contributed by atoms with Crippen molar-refractivity contribution in [3.63, 3.8) is 0 Å². The Bertz CT molecular complexity index is 1490. The number of H-pyrrole nitrogens is 1. The number of aryl methyl sites for hydroxylation is 1. The molecule has 1 aliphatic rings. The van der Waals surface area contributed by atoms with Gasteiger partial charge in [0.05, 0.1) is 17.5 Å². The fourth-order valence-corrected chi connectivity index (χ4v) is 6.33. The second kappa shape index (κ2) is 9.52. The van der Waals surface area contributed by atoms with Crippen molar-refractivity contribution in [1.29, 1.82) is 0 Å². The molecule has 4 aromatic rings. The van der Waals surface area contributed by atoms with Crippen molar-refractivity contribution in [1.82, 2.24) is 9.97 Å². The predicted octanol–water partition coefficient (Wildman–Crippen LogP) is 7.18. The molecule has 5 nitrogen and oxygen atoms in total. The number of benzene rings is 2. The standard InChI is InChI=1S/C28H28ClFN2O3S/c1-28(2,3)16-9-10-17-23(13-16)36-27-24(17)26(33)31-25(32-27)15-8-11-21(22(12-15)34-4)35-14-18-19(29)6-5-7-20(18)30/h5-8,11-12,16H,9-10,13-14H2,1-4H3,(H,31,32,33). The summed E-state index contributed by atoms with van der Waals surface area (Å²) in [6.07, 6.45) is 2.98. The fourth-order valence-electron chi connectivity index (χ4n) is 4.81. The molecular weight excluding hydrogens is 499 g/mol. The molecule has 1 atom stereocenters. The van der Waals surface area contributed by atoms with Crippen LogP contribution in [0.4, 0.5) is 4.39 Å². The highest BCUT2D eigenvalue weighted by Crippen LogP contribution is 2.42. The van der Waals surface area contributed by atoms with Gasteiger partial charge in [-0.3, -0.25) is 4.79 Å². The van der Waals surface area contributed by atoms with Gasteiger partial charge in [0, 0.05) is 16.0 Å². The van der Waals surface area contributed by atoms with E-state index in [0.717, 1.165) is 35.0 Å². The Hall–Kier alpha value is -2.90. The Morgan fingerprint density at radius 2 is 2.03 bits per heavy atom. The number of aromatic amines is 1. The first kappa shape index (κ1) is 24.8. The first-order valence-corrected chi connectivity index (χ1v) is 13.1. The van der Waals surface area contributed by atoms with Gasteiger partial charge in [0.25, 0.3) is 5.56 Å². The van der Waals surface area contributed by atoms with Gasteiger partial charge in [-0.25, -0.2) is 9.37 Å². The van der Waals surface area contributed by atoms with Crippen molar-refractivity contribution in [2.24, 2.45) is 11.3 Å². The van der Waals surface area contributed by atoms with Crippen LogP contribution in [0.15, 0.2) is 41.2 Å². The molecule has 188 valence electrons. The maximum Gasteiger partial charge on any atom is 0.260 e. The molecule has 0 saturated carbocycles. The number of methoxy groups -OCH3 is 1. The lowest BCUT2D eigenvalue weighted by Crippen LogP contribution is -2.26. The molecule has 0 amide bonds. The molecule has 0 saturated heterocycles. The van der Waals surface area contributed by atoms with Crippen LogP contribution in [0.2, 0.25) is 5.02 Å². The summed E-state index contributed by atoms with van der Waals surface area (Å²) in [5.41, 5.74) is 2.24. The first-order chi connectivity index (χ1) is 17.2. The predicted molar refractivity (Wildman–Crippen MR) is 143 cm³/mol. The number of nitrogens with zero attached hydrogens (tertiary/aromatic N) is 1. The lowest BCUT2D eigenvalue weighted by Gasteiger charge is -2.33. The molecule has 2 aromatic heterocycles. The fraction of sp³-hybridized carbons (Fsp3) is 0.357. The average Bonchev–Trinajstić information content (AvgIpc) is 3.21. The minimum absolute atomic E-state index is 0.0431. The molecule has 2 aromatic carbocycles. The number of rotatable bonds is 5. The van der Waals surface area contributed by atoms with Crippen LogP contribution in [-0.4, -0.2) is 17.1 Å². The molecule has 5 rings (SSSR count). The maximum atomic E-state index is 14.1. The number of hydrogen-bond donors (Lipinski definition) is 1. The summed E-state index contributed by atoms with van der Waals surface area (Å²) in [4.78, 5) is 23.0. The largest absolute Gasteiger partial charge is 0.493 e. The first-order valence-electron chi connectivity index (χ1n) is 11.9. The van der Waals surface area contributed by atoms with E-state index in [4.69, 9.17) is 26.1 Å². The van der Waals surface area contributed by atoms with Crippen molar-refractivity contribution >= 4 is 33.2 Å². The third-order valence-electron chi connectivity index (χ3n) is 7.01. The van der Waals surface area contributed by atoms with E-state index in [1.165, 1.54) is 18.1 Å². The summed E-state index contributed by atoms with van der Waals surface area (Å²) in [7, 11) is 1.53. The molecule has 36 heavy (non-hydrogen) atoms. The number of nitrogens with one attached hydrogen (secondary N) is 1. The number of halogens is 2. The van der Waals surface area contributed by atoms with Gasteiger partial charge < -0.3 is 14.5 Å². The Balaban J connectivity index is 1.45. The van der Waals surface area contributed by atoms with E-state index >= 15 is 0 Å². The van der Waals surface area contributed by atoms with Gasteiger partial charge in [0.15, 0.2) is 11.5 Å². The molecular formula is C28H28ClFN2O3S. The summed E-state index contributed by atoms with van der Waals surface area (Å²) >= 11 is 7.74. The minimum atomic E-state index is -0.430. The van der Waals surface area contributed by atoms with Gasteiger partial charge in [-0.05, 0) is 66.5 Å². The SMILES string of the molecule is COc1cc(-c2nc3sc4c(c3c(=O)[nH]2)CCC(C(C)(C)C)C4)ccc1OCc1c(F)cccc1Cl. The molecule has 0 radical (unpaired) electrons. The zero-order chi connectivity index (χ0) is 25.6. The lowest BCUT2D eigenvalue weighted by atomic mass is 9.72. The molecule has 2 heterocycles. The molecule has 1 aliphatic carbocycles. The molecule has 0 fully saturated rings. The summed E-state index contributed by atoms with van der Waals surface area (Å²) in [6.45, 7) is 6.80. The van der Waals surface area contributed by atoms with Crippen LogP contribution < -0.4 is 15.0 Å². The summed E-state index contributed by atoms with van der Waals surface area (Å²) in [5.74, 6) is 1.51. The normalized spacial score (nSPS) is 15.7. The van der Waals surface area contributed by atoms with Gasteiger partial charge >= 0.3 is 0 Å². The van der Waals surface area contributed by atoms with E-state index in [-0.39, 0.29) is 23.1 Å². The highest BCUT2D eigenvalue weighted by molar-refractivity contribution is 7.18. The topological polar surface area (TPSA) is 64.2 Å². The Morgan fingerprint density at radius 1 is 1.22 bits per heavy atom. The van der Waals surface area contributed by atoms with E-state index in [1.807, 2.05) is 0 Å². The smallest absolute Gasteiger partial charge is 0.260 e.